The highest BCUT2D eigenvalue weighted by Gasteiger charge is 2.48. The molecule has 0 unspecified atom stereocenters. The number of amides is 4. The van der Waals surface area contributed by atoms with Crippen molar-refractivity contribution in [2.24, 2.45) is 11.8 Å². The molecule has 2 aromatic rings. The van der Waals surface area contributed by atoms with Crippen LogP contribution in [0.2, 0.25) is 0 Å². The van der Waals surface area contributed by atoms with Crippen molar-refractivity contribution >= 4 is 29.8 Å². The number of hydroxylamine groups is 2. The van der Waals surface area contributed by atoms with Crippen molar-refractivity contribution in [3.63, 3.8) is 0 Å². The van der Waals surface area contributed by atoms with E-state index in [0.29, 0.717) is 26.2 Å². The summed E-state index contributed by atoms with van der Waals surface area (Å²) >= 11 is 0. The standard InChI is InChI=1S/C37H48N6O9/c1-40-21-27(17-29(33(44)38-49)31(40)35(46)42-15-13-25(19-42)23-9-5-3-6-10-23)51-37(48)52-28-18-30(34(45)39-50)32(41(2)22-28)36(47)43-16-14-26(20-43)24-11-7-4-8-12-24/h3-12,25-32,49-50H,13-22H2,1-2H3,(H,38,44)(H,39,45)/t25-,26-,27-,28-,29-,30-,31-,32-/m0/s1. The molecule has 4 amide bonds. The van der Waals surface area contributed by atoms with E-state index in [0.717, 1.165) is 24.0 Å². The van der Waals surface area contributed by atoms with Crippen LogP contribution in [-0.4, -0.2) is 137 Å². The van der Waals surface area contributed by atoms with E-state index >= 15 is 0 Å². The molecule has 8 atom stereocenters. The van der Waals surface area contributed by atoms with Crippen molar-refractivity contribution in [2.45, 2.75) is 61.8 Å². The van der Waals surface area contributed by atoms with Crippen LogP contribution in [0, 0.1) is 11.8 Å². The third-order valence-corrected chi connectivity index (χ3v) is 11.2. The van der Waals surface area contributed by atoms with Crippen LogP contribution in [0.1, 0.15) is 48.6 Å². The fraction of sp³-hybridized carbons (Fsp3) is 0.541. The van der Waals surface area contributed by atoms with Crippen LogP contribution in [0.4, 0.5) is 4.79 Å². The van der Waals surface area contributed by atoms with Crippen molar-refractivity contribution in [3.8, 4) is 0 Å². The van der Waals surface area contributed by atoms with Gasteiger partial charge < -0.3 is 19.3 Å². The molecule has 4 saturated heterocycles. The first-order valence-electron chi connectivity index (χ1n) is 17.9. The van der Waals surface area contributed by atoms with Gasteiger partial charge in [0, 0.05) is 51.1 Å². The third-order valence-electron chi connectivity index (χ3n) is 11.2. The molecule has 4 aliphatic rings. The first-order chi connectivity index (χ1) is 25.1. The molecule has 15 heteroatoms. The summed E-state index contributed by atoms with van der Waals surface area (Å²) in [6.07, 6.45) is -1.21. The highest BCUT2D eigenvalue weighted by molar-refractivity contribution is 5.91. The van der Waals surface area contributed by atoms with E-state index < -0.39 is 54.1 Å². The van der Waals surface area contributed by atoms with E-state index in [1.165, 1.54) is 0 Å². The summed E-state index contributed by atoms with van der Waals surface area (Å²) in [6.45, 7) is 2.35. The fourth-order valence-electron chi connectivity index (χ4n) is 8.61. The topological polar surface area (TPSA) is 181 Å². The summed E-state index contributed by atoms with van der Waals surface area (Å²) < 4.78 is 11.3. The number of carbonyl (C=O) groups is 5. The molecule has 0 radical (unpaired) electrons. The lowest BCUT2D eigenvalue weighted by Crippen LogP contribution is -2.60. The molecular weight excluding hydrogens is 672 g/mol. The van der Waals surface area contributed by atoms with Gasteiger partial charge in [0.25, 0.3) is 0 Å². The number of piperidine rings is 2. The zero-order chi connectivity index (χ0) is 36.9. The summed E-state index contributed by atoms with van der Waals surface area (Å²) in [5.74, 6) is -3.66. The number of hydrogen-bond donors (Lipinski definition) is 4. The minimum atomic E-state index is -1.03. The Morgan fingerprint density at radius 1 is 0.615 bits per heavy atom. The number of nitrogens with zero attached hydrogens (tertiary/aromatic N) is 4. The zero-order valence-corrected chi connectivity index (χ0v) is 29.5. The Hall–Kier alpha value is -4.57. The number of rotatable bonds is 8. The molecule has 0 spiro atoms. The maximum atomic E-state index is 13.8. The molecule has 0 saturated carbocycles. The molecule has 4 aliphatic heterocycles. The Balaban J connectivity index is 1.06. The molecule has 0 aliphatic carbocycles. The number of benzene rings is 2. The van der Waals surface area contributed by atoms with Gasteiger partial charge in [0.1, 0.15) is 24.3 Å². The van der Waals surface area contributed by atoms with Gasteiger partial charge in [-0.25, -0.2) is 15.8 Å². The Labute approximate surface area is 302 Å². The second kappa shape index (κ2) is 16.4. The lowest BCUT2D eigenvalue weighted by Gasteiger charge is -2.42. The number of ether oxygens (including phenoxy) is 2. The molecule has 0 aromatic heterocycles. The summed E-state index contributed by atoms with van der Waals surface area (Å²) in [4.78, 5) is 73.3. The predicted molar refractivity (Wildman–Crippen MR) is 185 cm³/mol. The van der Waals surface area contributed by atoms with Gasteiger partial charge >= 0.3 is 6.16 Å². The zero-order valence-electron chi connectivity index (χ0n) is 29.5. The molecule has 0 bridgehead atoms. The second-order valence-electron chi connectivity index (χ2n) is 14.5. The predicted octanol–water partition coefficient (Wildman–Crippen LogP) is 1.56. The van der Waals surface area contributed by atoms with Crippen LogP contribution in [-0.2, 0) is 28.7 Å². The molecule has 280 valence electrons. The largest absolute Gasteiger partial charge is 0.508 e. The van der Waals surface area contributed by atoms with Crippen LogP contribution in [0.15, 0.2) is 60.7 Å². The number of carbonyl (C=O) groups excluding carboxylic acids is 5. The smallest absolute Gasteiger partial charge is 0.430 e. The Bertz CT molecular complexity index is 1480. The monoisotopic (exact) mass is 720 g/mol. The molecule has 6 rings (SSSR count). The van der Waals surface area contributed by atoms with Gasteiger partial charge in [0.2, 0.25) is 23.6 Å². The number of nitrogens with one attached hydrogen (secondary N) is 2. The van der Waals surface area contributed by atoms with Gasteiger partial charge in [-0.2, -0.15) is 0 Å². The van der Waals surface area contributed by atoms with E-state index in [-0.39, 0.29) is 49.6 Å². The normalized spacial score (nSPS) is 29.7. The molecule has 2 aromatic carbocycles. The van der Waals surface area contributed by atoms with E-state index in [1.807, 2.05) is 60.7 Å². The minimum Gasteiger partial charge on any atom is -0.430 e. The quantitative estimate of drug-likeness (QED) is 0.177. The highest BCUT2D eigenvalue weighted by Crippen LogP contribution is 2.34. The van der Waals surface area contributed by atoms with E-state index in [2.05, 4.69) is 0 Å². The molecule has 4 N–H and O–H groups in total. The Morgan fingerprint density at radius 2 is 1.00 bits per heavy atom. The Morgan fingerprint density at radius 3 is 1.37 bits per heavy atom. The van der Waals surface area contributed by atoms with Gasteiger partial charge in [0.05, 0.1) is 11.8 Å². The van der Waals surface area contributed by atoms with Crippen LogP contribution in [0.5, 0.6) is 0 Å². The summed E-state index contributed by atoms with van der Waals surface area (Å²) in [5, 5.41) is 19.1. The van der Waals surface area contributed by atoms with Gasteiger partial charge in [-0.1, -0.05) is 60.7 Å². The van der Waals surface area contributed by atoms with Gasteiger partial charge in [-0.3, -0.25) is 39.4 Å². The summed E-state index contributed by atoms with van der Waals surface area (Å²) in [5.41, 5.74) is 5.63. The molecular formula is C37H48N6O9. The van der Waals surface area contributed by atoms with Crippen molar-refractivity contribution in [3.05, 3.63) is 71.8 Å². The van der Waals surface area contributed by atoms with Gasteiger partial charge in [-0.05, 0) is 50.9 Å². The Kier molecular flexibility index (Phi) is 11.7. The maximum Gasteiger partial charge on any atom is 0.508 e. The van der Waals surface area contributed by atoms with Crippen LogP contribution < -0.4 is 11.0 Å². The van der Waals surface area contributed by atoms with Crippen LogP contribution in [0.25, 0.3) is 0 Å². The van der Waals surface area contributed by atoms with Crippen molar-refractivity contribution < 1.29 is 43.9 Å². The van der Waals surface area contributed by atoms with Gasteiger partial charge in [-0.15, -0.1) is 0 Å². The summed E-state index contributed by atoms with van der Waals surface area (Å²) in [7, 11) is 3.33. The first-order valence-corrected chi connectivity index (χ1v) is 17.9. The van der Waals surface area contributed by atoms with Crippen molar-refractivity contribution in [1.82, 2.24) is 30.6 Å². The van der Waals surface area contributed by atoms with E-state index in [9.17, 15) is 34.4 Å². The van der Waals surface area contributed by atoms with E-state index in [1.54, 1.807) is 44.7 Å². The van der Waals surface area contributed by atoms with Crippen molar-refractivity contribution in [2.75, 3.05) is 53.4 Å². The SMILES string of the molecule is CN1C[C@@H](OC(=O)O[C@H]2C[C@H](C(=O)NO)[C@@H](C(=O)N3CC[C@H](c4ccccc4)C3)N(C)C2)C[C@H](C(=O)NO)[C@H]1C(=O)N1CC[C@H](c2ccccc2)C1. The van der Waals surface area contributed by atoms with Crippen LogP contribution in [0.3, 0.4) is 0 Å². The van der Waals surface area contributed by atoms with E-state index in [4.69, 9.17) is 9.47 Å². The summed E-state index contributed by atoms with van der Waals surface area (Å²) in [6, 6.07) is 18.1. The maximum absolute atomic E-state index is 13.8. The molecule has 4 heterocycles. The lowest BCUT2D eigenvalue weighted by molar-refractivity contribution is -0.154. The average molecular weight is 721 g/mol. The third kappa shape index (κ3) is 8.07. The fourth-order valence-corrected chi connectivity index (χ4v) is 8.61. The molecule has 15 nitrogen and oxygen atoms in total. The lowest BCUT2D eigenvalue weighted by atomic mass is 9.86. The highest BCUT2D eigenvalue weighted by atomic mass is 16.7. The van der Waals surface area contributed by atoms with Gasteiger partial charge in [0.15, 0.2) is 0 Å². The number of likely N-dealkylation sites (tertiary alicyclic amines) is 4. The average Bonchev–Trinajstić information content (AvgIpc) is 3.85. The molecule has 4 fully saturated rings. The molecule has 52 heavy (non-hydrogen) atoms. The first kappa shape index (κ1) is 37.2. The van der Waals surface area contributed by atoms with Crippen LogP contribution >= 0.6 is 0 Å². The number of hydrogen-bond acceptors (Lipinski definition) is 11. The minimum absolute atomic E-state index is 0.0330. The van der Waals surface area contributed by atoms with Crippen molar-refractivity contribution in [1.29, 1.82) is 0 Å². The number of likely N-dealkylation sites (N-methyl/N-ethyl adjacent to an activating group) is 2. The second-order valence-corrected chi connectivity index (χ2v) is 14.5.